The minimum absolute atomic E-state index is 0.249. The first kappa shape index (κ1) is 22.1. The molecule has 0 aliphatic heterocycles. The van der Waals surface area contributed by atoms with E-state index in [0.29, 0.717) is 28.2 Å². The van der Waals surface area contributed by atoms with Gasteiger partial charge < -0.3 is 23.7 Å². The standard InChI is InChI=1S/C24H23N3O6/c1-13-18(14(2)33-27-13)12-31-20-10-9-16(11-21(20)30-4)24(29)32-15(3)22-25-19-8-6-5-7-17(19)23(28)26-22/h5-11,15H,12H2,1-4H3,(H,25,26,28)/t15-/m1/s1. The number of nitrogens with zero attached hydrogens (tertiary/aromatic N) is 2. The summed E-state index contributed by atoms with van der Waals surface area (Å²) in [5.74, 6) is 1.19. The Morgan fingerprint density at radius 2 is 1.94 bits per heavy atom. The minimum atomic E-state index is -0.767. The molecule has 0 fully saturated rings. The zero-order valence-corrected chi connectivity index (χ0v) is 18.7. The van der Waals surface area contributed by atoms with E-state index < -0.39 is 12.1 Å². The fourth-order valence-corrected chi connectivity index (χ4v) is 3.35. The van der Waals surface area contributed by atoms with Gasteiger partial charge in [-0.15, -0.1) is 0 Å². The molecule has 1 N–H and O–H groups in total. The summed E-state index contributed by atoms with van der Waals surface area (Å²) in [6.07, 6.45) is -0.767. The van der Waals surface area contributed by atoms with Crippen LogP contribution in [0, 0.1) is 13.8 Å². The smallest absolute Gasteiger partial charge is 0.338 e. The van der Waals surface area contributed by atoms with Crippen molar-refractivity contribution in [3.63, 3.8) is 0 Å². The first-order chi connectivity index (χ1) is 15.9. The Labute approximate surface area is 189 Å². The Morgan fingerprint density at radius 1 is 1.15 bits per heavy atom. The molecular weight excluding hydrogens is 426 g/mol. The number of methoxy groups -OCH3 is 1. The first-order valence-corrected chi connectivity index (χ1v) is 10.3. The van der Waals surface area contributed by atoms with Gasteiger partial charge in [0.2, 0.25) is 0 Å². The zero-order chi connectivity index (χ0) is 23.5. The van der Waals surface area contributed by atoms with E-state index in [1.54, 1.807) is 43.3 Å². The third-order valence-electron chi connectivity index (χ3n) is 5.25. The second-order valence-corrected chi connectivity index (χ2v) is 7.47. The van der Waals surface area contributed by atoms with Crippen molar-refractivity contribution in [1.29, 1.82) is 0 Å². The van der Waals surface area contributed by atoms with E-state index in [4.69, 9.17) is 18.7 Å². The summed E-state index contributed by atoms with van der Waals surface area (Å²) in [7, 11) is 1.49. The summed E-state index contributed by atoms with van der Waals surface area (Å²) in [5.41, 5.74) is 2.11. The van der Waals surface area contributed by atoms with Gasteiger partial charge in [-0.05, 0) is 51.1 Å². The zero-order valence-electron chi connectivity index (χ0n) is 18.7. The predicted octanol–water partition coefficient (Wildman–Crippen LogP) is 4.03. The van der Waals surface area contributed by atoms with E-state index in [0.717, 1.165) is 11.3 Å². The van der Waals surface area contributed by atoms with Gasteiger partial charge in [-0.3, -0.25) is 4.79 Å². The van der Waals surface area contributed by atoms with Crippen LogP contribution in [0.1, 0.15) is 46.2 Å². The van der Waals surface area contributed by atoms with Gasteiger partial charge in [-0.1, -0.05) is 17.3 Å². The van der Waals surface area contributed by atoms with Crippen molar-refractivity contribution in [1.82, 2.24) is 15.1 Å². The lowest BCUT2D eigenvalue weighted by Crippen LogP contribution is -2.17. The highest BCUT2D eigenvalue weighted by Crippen LogP contribution is 2.30. The Hall–Kier alpha value is -4.14. The van der Waals surface area contributed by atoms with Crippen LogP contribution < -0.4 is 15.0 Å². The van der Waals surface area contributed by atoms with Gasteiger partial charge in [-0.2, -0.15) is 0 Å². The number of H-pyrrole nitrogens is 1. The maximum atomic E-state index is 12.7. The first-order valence-electron chi connectivity index (χ1n) is 10.3. The van der Waals surface area contributed by atoms with E-state index >= 15 is 0 Å². The maximum absolute atomic E-state index is 12.7. The van der Waals surface area contributed by atoms with Gasteiger partial charge in [-0.25, -0.2) is 9.78 Å². The summed E-state index contributed by atoms with van der Waals surface area (Å²) in [6, 6.07) is 11.7. The third kappa shape index (κ3) is 4.57. The van der Waals surface area contributed by atoms with Gasteiger partial charge in [0.1, 0.15) is 12.4 Å². The van der Waals surface area contributed by atoms with Crippen molar-refractivity contribution in [3.8, 4) is 11.5 Å². The van der Waals surface area contributed by atoms with Crippen LogP contribution in [0.3, 0.4) is 0 Å². The van der Waals surface area contributed by atoms with Crippen molar-refractivity contribution in [2.24, 2.45) is 0 Å². The van der Waals surface area contributed by atoms with Crippen molar-refractivity contribution < 1.29 is 23.5 Å². The number of aryl methyl sites for hydroxylation is 2. The molecule has 0 aliphatic carbocycles. The molecule has 0 spiro atoms. The van der Waals surface area contributed by atoms with Crippen molar-refractivity contribution in [2.45, 2.75) is 33.5 Å². The number of esters is 1. The molecule has 0 unspecified atom stereocenters. The molecule has 0 bridgehead atoms. The van der Waals surface area contributed by atoms with Crippen LogP contribution in [0.25, 0.3) is 10.9 Å². The molecular formula is C24H23N3O6. The summed E-state index contributed by atoms with van der Waals surface area (Å²) in [4.78, 5) is 32.1. The lowest BCUT2D eigenvalue weighted by molar-refractivity contribution is 0.0319. The largest absolute Gasteiger partial charge is 0.493 e. The number of benzene rings is 2. The fourth-order valence-electron chi connectivity index (χ4n) is 3.35. The Balaban J connectivity index is 1.49. The quantitative estimate of drug-likeness (QED) is 0.420. The van der Waals surface area contributed by atoms with E-state index in [-0.39, 0.29) is 23.6 Å². The number of fused-ring (bicyclic) bond motifs is 1. The Morgan fingerprint density at radius 3 is 2.67 bits per heavy atom. The molecule has 0 saturated heterocycles. The lowest BCUT2D eigenvalue weighted by atomic mass is 10.2. The molecule has 0 saturated carbocycles. The molecule has 1 atom stereocenters. The molecule has 0 radical (unpaired) electrons. The van der Waals surface area contributed by atoms with Crippen molar-refractivity contribution in [2.75, 3.05) is 7.11 Å². The summed E-state index contributed by atoms with van der Waals surface area (Å²) in [5, 5.41) is 4.38. The number of nitrogens with one attached hydrogen (secondary N) is 1. The van der Waals surface area contributed by atoms with Crippen LogP contribution in [-0.2, 0) is 11.3 Å². The number of carbonyl (C=O) groups excluding carboxylic acids is 1. The second kappa shape index (κ2) is 9.15. The topological polar surface area (TPSA) is 117 Å². The number of para-hydroxylation sites is 1. The second-order valence-electron chi connectivity index (χ2n) is 7.47. The average Bonchev–Trinajstić information content (AvgIpc) is 3.14. The minimum Gasteiger partial charge on any atom is -0.493 e. The molecule has 4 aromatic rings. The number of aromatic amines is 1. The molecule has 2 heterocycles. The summed E-state index contributed by atoms with van der Waals surface area (Å²) < 4.78 is 21.9. The summed E-state index contributed by atoms with van der Waals surface area (Å²) >= 11 is 0. The van der Waals surface area contributed by atoms with Crippen LogP contribution >= 0.6 is 0 Å². The van der Waals surface area contributed by atoms with Crippen LogP contribution in [0.4, 0.5) is 0 Å². The van der Waals surface area contributed by atoms with Gasteiger partial charge >= 0.3 is 5.97 Å². The van der Waals surface area contributed by atoms with E-state index in [9.17, 15) is 9.59 Å². The monoisotopic (exact) mass is 449 g/mol. The number of carbonyl (C=O) groups is 1. The van der Waals surface area contributed by atoms with E-state index in [1.807, 2.05) is 13.8 Å². The van der Waals surface area contributed by atoms with Gasteiger partial charge in [0, 0.05) is 0 Å². The highest BCUT2D eigenvalue weighted by molar-refractivity contribution is 5.90. The summed E-state index contributed by atoms with van der Waals surface area (Å²) in [6.45, 7) is 5.54. The molecule has 170 valence electrons. The normalized spacial score (nSPS) is 11.9. The predicted molar refractivity (Wildman–Crippen MR) is 119 cm³/mol. The number of rotatable bonds is 7. The number of ether oxygens (including phenoxy) is 3. The molecule has 9 heteroatoms. The highest BCUT2D eigenvalue weighted by atomic mass is 16.5. The van der Waals surface area contributed by atoms with Gasteiger partial charge in [0.05, 0.1) is 34.8 Å². The van der Waals surface area contributed by atoms with Crippen LogP contribution in [0.2, 0.25) is 0 Å². The molecule has 0 aliphatic rings. The Bertz CT molecular complexity index is 1350. The number of hydrogen-bond donors (Lipinski definition) is 1. The number of hydrogen-bond acceptors (Lipinski definition) is 8. The molecule has 9 nitrogen and oxygen atoms in total. The molecule has 2 aromatic heterocycles. The molecule has 33 heavy (non-hydrogen) atoms. The number of aromatic nitrogens is 3. The van der Waals surface area contributed by atoms with Crippen molar-refractivity contribution in [3.05, 3.63) is 81.2 Å². The van der Waals surface area contributed by atoms with Crippen LogP contribution in [-0.4, -0.2) is 28.2 Å². The highest BCUT2D eigenvalue weighted by Gasteiger charge is 2.19. The third-order valence-corrected chi connectivity index (χ3v) is 5.25. The van der Waals surface area contributed by atoms with Crippen LogP contribution in [0.15, 0.2) is 51.8 Å². The lowest BCUT2D eigenvalue weighted by Gasteiger charge is -2.15. The van der Waals surface area contributed by atoms with Crippen molar-refractivity contribution >= 4 is 16.9 Å². The van der Waals surface area contributed by atoms with E-state index in [2.05, 4.69) is 15.1 Å². The fraction of sp³-hybridized carbons (Fsp3) is 0.250. The van der Waals surface area contributed by atoms with Gasteiger partial charge in [0.25, 0.3) is 5.56 Å². The maximum Gasteiger partial charge on any atom is 0.338 e. The molecule has 0 amide bonds. The van der Waals surface area contributed by atoms with Crippen LogP contribution in [0.5, 0.6) is 11.5 Å². The molecule has 4 rings (SSSR count). The Kier molecular flexibility index (Phi) is 6.12. The SMILES string of the molecule is COc1cc(C(=O)O[C@H](C)c2nc3ccccc3c(=O)[nH]2)ccc1OCc1c(C)noc1C. The van der Waals surface area contributed by atoms with E-state index in [1.165, 1.54) is 13.2 Å². The molecule has 2 aromatic carbocycles. The van der Waals surface area contributed by atoms with Gasteiger partial charge in [0.15, 0.2) is 23.4 Å². The average molecular weight is 449 g/mol.